The van der Waals surface area contributed by atoms with Crippen molar-refractivity contribution in [3.63, 3.8) is 0 Å². The number of rotatable bonds is 4. The molecule has 0 radical (unpaired) electrons. The van der Waals surface area contributed by atoms with Crippen molar-refractivity contribution in [3.8, 4) is 11.5 Å². The number of aromatic hydroxyl groups is 2. The Morgan fingerprint density at radius 3 is 1.97 bits per heavy atom. The quantitative estimate of drug-likeness (QED) is 0.353. The number of hydrogen-bond acceptors (Lipinski definition) is 5. The van der Waals surface area contributed by atoms with Crippen molar-refractivity contribution in [1.29, 1.82) is 0 Å². The van der Waals surface area contributed by atoms with E-state index in [9.17, 15) is 14.7 Å². The van der Waals surface area contributed by atoms with E-state index in [0.717, 1.165) is 81.9 Å². The predicted molar refractivity (Wildman–Crippen MR) is 146 cm³/mol. The first-order valence-electron chi connectivity index (χ1n) is 11.0. The molecule has 2 aliphatic heterocycles. The van der Waals surface area contributed by atoms with Gasteiger partial charge >= 0.3 is 0 Å². The second kappa shape index (κ2) is 12.9. The molecule has 2 aromatic rings. The fraction of sp³-hybridized carbons (Fsp3) is 0.417. The number of benzene rings is 2. The van der Waals surface area contributed by atoms with Crippen LogP contribution in [-0.4, -0.2) is 58.4 Å². The molecule has 0 aliphatic carbocycles. The number of amides is 1. The largest absolute Gasteiger partial charge is 0.508 e. The van der Waals surface area contributed by atoms with Crippen LogP contribution in [0.4, 0.5) is 0 Å². The third-order valence-electron chi connectivity index (χ3n) is 6.07. The first-order chi connectivity index (χ1) is 16.2. The number of piperidine rings is 1. The molecule has 2 aromatic carbocycles. The van der Waals surface area contributed by atoms with Gasteiger partial charge in [0.1, 0.15) is 11.5 Å². The molecule has 0 unspecified atom stereocenters. The normalized spacial score (nSPS) is 16.8. The Kier molecular flexibility index (Phi) is 10.4. The first-order valence-corrected chi connectivity index (χ1v) is 14.2. The van der Waals surface area contributed by atoms with E-state index in [2.05, 4.69) is 68.6 Å². The van der Waals surface area contributed by atoms with Gasteiger partial charge in [0.05, 0.1) is 5.56 Å². The van der Waals surface area contributed by atoms with E-state index >= 15 is 0 Å². The van der Waals surface area contributed by atoms with E-state index in [1.807, 2.05) is 11.0 Å². The Bertz CT molecular complexity index is 1040. The Balaban J connectivity index is 0.000000248. The van der Waals surface area contributed by atoms with Crippen molar-refractivity contribution < 1.29 is 19.8 Å². The highest BCUT2D eigenvalue weighted by atomic mass is 79.9. The topological polar surface area (TPSA) is 81.1 Å². The van der Waals surface area contributed by atoms with Gasteiger partial charge in [0.25, 0.3) is 0 Å². The molecule has 0 saturated carbocycles. The average Bonchev–Trinajstić information content (AvgIpc) is 3.35. The number of aldehydes is 1. The maximum atomic E-state index is 12.5. The highest BCUT2D eigenvalue weighted by molar-refractivity contribution is 9.13. The maximum absolute atomic E-state index is 12.5. The average molecular weight is 726 g/mol. The van der Waals surface area contributed by atoms with Gasteiger partial charge in [0.2, 0.25) is 5.91 Å². The minimum Gasteiger partial charge on any atom is -0.508 e. The standard InChI is InChI=1S/C17H22Br2N2O2.C7H4Br2O2/c18-14-9-13(16(22)10-15(14)19)11-20-7-3-12(4-8-20)17(23)21-5-1-2-6-21;8-5-1-4(3-10)7(11)2-6(5)9/h9-10,12,22H,1-8,11H2;1-3,11H. The summed E-state index contributed by atoms with van der Waals surface area (Å²) < 4.78 is 3.27. The number of halogens is 4. The van der Waals surface area contributed by atoms with Crippen molar-refractivity contribution >= 4 is 75.9 Å². The molecule has 10 heteroatoms. The lowest BCUT2D eigenvalue weighted by molar-refractivity contribution is -0.136. The number of likely N-dealkylation sites (tertiary alicyclic amines) is 2. The third kappa shape index (κ3) is 7.29. The molecule has 2 fully saturated rings. The summed E-state index contributed by atoms with van der Waals surface area (Å²) in [6.07, 6.45) is 4.76. The molecule has 2 N–H and O–H groups in total. The van der Waals surface area contributed by atoms with Crippen LogP contribution in [0.25, 0.3) is 0 Å². The molecule has 0 atom stereocenters. The Morgan fingerprint density at radius 2 is 1.38 bits per heavy atom. The molecule has 4 rings (SSSR count). The van der Waals surface area contributed by atoms with E-state index in [0.29, 0.717) is 17.9 Å². The Hall–Kier alpha value is -0.940. The van der Waals surface area contributed by atoms with E-state index in [1.165, 1.54) is 6.07 Å². The van der Waals surface area contributed by atoms with Gasteiger partial charge in [-0.25, -0.2) is 0 Å². The summed E-state index contributed by atoms with van der Waals surface area (Å²) in [5.41, 5.74) is 1.20. The number of phenols is 2. The zero-order chi connectivity index (χ0) is 24.8. The minimum absolute atomic E-state index is 0.0184. The first kappa shape index (κ1) is 27.6. The minimum atomic E-state index is -0.0184. The summed E-state index contributed by atoms with van der Waals surface area (Å²) >= 11 is 13.3. The van der Waals surface area contributed by atoms with Crippen molar-refractivity contribution in [2.75, 3.05) is 26.2 Å². The molecular formula is C24H26Br4N2O4. The third-order valence-corrected chi connectivity index (χ3v) is 9.76. The van der Waals surface area contributed by atoms with Gasteiger partial charge in [-0.2, -0.15) is 0 Å². The molecule has 2 saturated heterocycles. The van der Waals surface area contributed by atoms with Gasteiger partial charge in [0.15, 0.2) is 6.29 Å². The number of nitrogens with zero attached hydrogens (tertiary/aromatic N) is 2. The van der Waals surface area contributed by atoms with Crippen LogP contribution < -0.4 is 0 Å². The maximum Gasteiger partial charge on any atom is 0.225 e. The van der Waals surface area contributed by atoms with Crippen LogP contribution in [0, 0.1) is 5.92 Å². The molecule has 34 heavy (non-hydrogen) atoms. The van der Waals surface area contributed by atoms with Gasteiger partial charge in [-0.1, -0.05) is 0 Å². The molecular weight excluding hydrogens is 700 g/mol. The van der Waals surface area contributed by atoms with Gasteiger partial charge in [-0.3, -0.25) is 14.5 Å². The predicted octanol–water partition coefficient (Wildman–Crippen LogP) is 6.48. The van der Waals surface area contributed by atoms with Crippen LogP contribution in [0.3, 0.4) is 0 Å². The van der Waals surface area contributed by atoms with E-state index in [1.54, 1.807) is 12.1 Å². The summed E-state index contributed by atoms with van der Waals surface area (Å²) in [5, 5.41) is 19.2. The summed E-state index contributed by atoms with van der Waals surface area (Å²) in [4.78, 5) is 27.1. The van der Waals surface area contributed by atoms with Crippen LogP contribution in [0.5, 0.6) is 11.5 Å². The molecule has 0 spiro atoms. The molecule has 184 valence electrons. The van der Waals surface area contributed by atoms with Crippen molar-refractivity contribution in [2.24, 2.45) is 5.92 Å². The van der Waals surface area contributed by atoms with Crippen LogP contribution >= 0.6 is 63.7 Å². The molecule has 0 aromatic heterocycles. The zero-order valence-electron chi connectivity index (χ0n) is 18.4. The molecule has 0 bridgehead atoms. The highest BCUT2D eigenvalue weighted by Gasteiger charge is 2.30. The Labute approximate surface area is 233 Å². The number of carbonyl (C=O) groups is 2. The summed E-state index contributed by atoms with van der Waals surface area (Å²) in [7, 11) is 0. The van der Waals surface area contributed by atoms with E-state index in [-0.39, 0.29) is 17.2 Å². The number of phenolic OH excluding ortho intramolecular Hbond substituents is 2. The molecule has 2 heterocycles. The highest BCUT2D eigenvalue weighted by Crippen LogP contribution is 2.32. The molecule has 2 aliphatic rings. The lowest BCUT2D eigenvalue weighted by atomic mass is 9.95. The van der Waals surface area contributed by atoms with Gasteiger partial charge in [-0.05, 0) is 127 Å². The van der Waals surface area contributed by atoms with Gasteiger partial charge < -0.3 is 15.1 Å². The van der Waals surface area contributed by atoms with Crippen molar-refractivity contribution in [2.45, 2.75) is 32.2 Å². The van der Waals surface area contributed by atoms with Crippen LogP contribution in [0.15, 0.2) is 42.2 Å². The van der Waals surface area contributed by atoms with Crippen LogP contribution in [0.1, 0.15) is 41.6 Å². The van der Waals surface area contributed by atoms with Crippen LogP contribution in [-0.2, 0) is 11.3 Å². The summed E-state index contributed by atoms with van der Waals surface area (Å²) in [5.74, 6) is 0.844. The van der Waals surface area contributed by atoms with Crippen molar-refractivity contribution in [1.82, 2.24) is 9.80 Å². The van der Waals surface area contributed by atoms with Crippen molar-refractivity contribution in [3.05, 3.63) is 53.3 Å². The Morgan fingerprint density at radius 1 is 0.853 bits per heavy atom. The molecule has 1 amide bonds. The number of hydrogen-bond donors (Lipinski definition) is 2. The second-order valence-corrected chi connectivity index (χ2v) is 11.8. The second-order valence-electron chi connectivity index (χ2n) is 8.42. The van der Waals surface area contributed by atoms with E-state index < -0.39 is 0 Å². The summed E-state index contributed by atoms with van der Waals surface area (Å²) in [6.45, 7) is 4.44. The smallest absolute Gasteiger partial charge is 0.225 e. The van der Waals surface area contributed by atoms with Gasteiger partial charge in [0, 0.05) is 49.0 Å². The SMILES string of the molecule is O=C(C1CCN(Cc2cc(Br)c(Br)cc2O)CC1)N1CCCC1.O=Cc1cc(Br)c(Br)cc1O. The molecule has 6 nitrogen and oxygen atoms in total. The van der Waals surface area contributed by atoms with Gasteiger partial charge in [-0.15, -0.1) is 0 Å². The lowest BCUT2D eigenvalue weighted by Crippen LogP contribution is -2.41. The van der Waals surface area contributed by atoms with Crippen LogP contribution in [0.2, 0.25) is 0 Å². The monoisotopic (exact) mass is 722 g/mol. The van der Waals surface area contributed by atoms with E-state index in [4.69, 9.17) is 5.11 Å². The zero-order valence-corrected chi connectivity index (χ0v) is 24.8. The fourth-order valence-electron chi connectivity index (χ4n) is 4.12. The lowest BCUT2D eigenvalue weighted by Gasteiger charge is -2.33. The summed E-state index contributed by atoms with van der Waals surface area (Å²) in [6, 6.07) is 6.70. The number of carbonyl (C=O) groups excluding carboxylic acids is 2. The fourth-order valence-corrected chi connectivity index (χ4v) is 5.54.